The molecule has 3 aromatic carbocycles. The summed E-state index contributed by atoms with van der Waals surface area (Å²) in [5.74, 6) is 0.134. The maximum absolute atomic E-state index is 12.2. The lowest BCUT2D eigenvalue weighted by atomic mass is 10.0. The number of hydrogen-bond donors (Lipinski definition) is 5. The SMILES string of the molecule is O=C(CCCCC(=O)NCc1ccc(C2OC(CSc3nnnn3-c3ccc(O)cc3)CC(c3ccc(CO)cc3)O2)cc1)NO. The molecule has 0 aliphatic carbocycles. The fourth-order valence-corrected chi connectivity index (χ4v) is 5.83. The van der Waals surface area contributed by atoms with Crippen LogP contribution >= 0.6 is 11.8 Å². The van der Waals surface area contributed by atoms with Gasteiger partial charge in [-0.1, -0.05) is 60.3 Å². The number of nitrogens with zero attached hydrogens (tertiary/aromatic N) is 4. The molecule has 1 saturated heterocycles. The van der Waals surface area contributed by atoms with Crippen LogP contribution in [-0.4, -0.2) is 59.3 Å². The average molecular weight is 649 g/mol. The van der Waals surface area contributed by atoms with E-state index < -0.39 is 12.2 Å². The topological polar surface area (TPSA) is 181 Å². The number of phenolic OH excluding ortho intramolecular Hbond substituents is 1. The molecule has 0 radical (unpaired) electrons. The molecule has 1 aliphatic heterocycles. The van der Waals surface area contributed by atoms with Crippen LogP contribution in [0.15, 0.2) is 78.0 Å². The first-order chi connectivity index (χ1) is 22.4. The number of phenols is 1. The van der Waals surface area contributed by atoms with Crippen molar-refractivity contribution in [2.75, 3.05) is 5.75 Å². The molecular weight excluding hydrogens is 612 g/mol. The highest BCUT2D eigenvalue weighted by Crippen LogP contribution is 2.39. The van der Waals surface area contributed by atoms with E-state index in [2.05, 4.69) is 20.8 Å². The molecule has 14 heteroatoms. The molecule has 0 saturated carbocycles. The molecule has 242 valence electrons. The van der Waals surface area contributed by atoms with Gasteiger partial charge in [0, 0.05) is 37.1 Å². The zero-order valence-electron chi connectivity index (χ0n) is 25.0. The number of hydroxylamine groups is 1. The Morgan fingerprint density at radius 2 is 1.57 bits per heavy atom. The molecule has 0 bridgehead atoms. The maximum atomic E-state index is 12.2. The Morgan fingerprint density at radius 1 is 0.891 bits per heavy atom. The van der Waals surface area contributed by atoms with Crippen LogP contribution in [0.1, 0.15) is 66.8 Å². The lowest BCUT2D eigenvalue weighted by Gasteiger charge is -2.36. The largest absolute Gasteiger partial charge is 0.508 e. The van der Waals surface area contributed by atoms with Crippen LogP contribution in [0.25, 0.3) is 5.69 Å². The third-order valence-electron chi connectivity index (χ3n) is 7.47. The van der Waals surface area contributed by atoms with Gasteiger partial charge >= 0.3 is 0 Å². The molecule has 5 N–H and O–H groups in total. The van der Waals surface area contributed by atoms with E-state index in [9.17, 15) is 19.8 Å². The van der Waals surface area contributed by atoms with Gasteiger partial charge in [0.05, 0.1) is 24.5 Å². The normalized spacial score (nSPS) is 17.8. The van der Waals surface area contributed by atoms with E-state index in [1.54, 1.807) is 34.4 Å². The molecule has 4 aromatic rings. The summed E-state index contributed by atoms with van der Waals surface area (Å²) in [5.41, 5.74) is 5.85. The van der Waals surface area contributed by atoms with Crippen molar-refractivity contribution in [2.24, 2.45) is 0 Å². The summed E-state index contributed by atoms with van der Waals surface area (Å²) in [4.78, 5) is 23.3. The van der Waals surface area contributed by atoms with Crippen LogP contribution in [0.5, 0.6) is 5.75 Å². The number of nitrogens with one attached hydrogen (secondary N) is 2. The molecule has 2 heterocycles. The van der Waals surface area contributed by atoms with Crippen LogP contribution < -0.4 is 10.8 Å². The van der Waals surface area contributed by atoms with Crippen molar-refractivity contribution in [1.29, 1.82) is 0 Å². The monoisotopic (exact) mass is 648 g/mol. The van der Waals surface area contributed by atoms with E-state index in [-0.39, 0.29) is 36.9 Å². The summed E-state index contributed by atoms with van der Waals surface area (Å²) >= 11 is 1.46. The number of benzene rings is 3. The van der Waals surface area contributed by atoms with Crippen molar-refractivity contribution < 1.29 is 34.5 Å². The number of ether oxygens (including phenoxy) is 2. The second-order valence-corrected chi connectivity index (χ2v) is 11.8. The molecule has 3 atom stereocenters. The van der Waals surface area contributed by atoms with Gasteiger partial charge in [0.25, 0.3) is 0 Å². The van der Waals surface area contributed by atoms with E-state index in [0.717, 1.165) is 27.9 Å². The van der Waals surface area contributed by atoms with Gasteiger partial charge in [-0.15, -0.1) is 5.10 Å². The number of aromatic nitrogens is 4. The summed E-state index contributed by atoms with van der Waals surface area (Å²) in [6.45, 7) is 0.320. The fourth-order valence-electron chi connectivity index (χ4n) is 4.92. The van der Waals surface area contributed by atoms with Crippen LogP contribution in [-0.2, 0) is 32.2 Å². The summed E-state index contributed by atoms with van der Waals surface area (Å²) in [6.07, 6.45) is 1.00. The van der Waals surface area contributed by atoms with Gasteiger partial charge in [0.15, 0.2) is 6.29 Å². The molecule has 3 unspecified atom stereocenters. The molecule has 13 nitrogen and oxygen atoms in total. The fraction of sp³-hybridized carbons (Fsp3) is 0.344. The van der Waals surface area contributed by atoms with Gasteiger partial charge in [0.2, 0.25) is 17.0 Å². The number of aliphatic hydroxyl groups is 1. The molecule has 46 heavy (non-hydrogen) atoms. The van der Waals surface area contributed by atoms with Crippen LogP contribution in [0.4, 0.5) is 0 Å². The zero-order chi connectivity index (χ0) is 32.3. The van der Waals surface area contributed by atoms with Gasteiger partial charge in [-0.05, 0) is 64.2 Å². The molecule has 1 fully saturated rings. The summed E-state index contributed by atoms with van der Waals surface area (Å²) in [7, 11) is 0. The zero-order valence-corrected chi connectivity index (χ0v) is 25.8. The standard InChI is InChI=1S/C32H36N6O7S/c39-19-22-7-9-23(10-8-22)28-17-27(20-46-32-34-36-37-38(32)25-13-15-26(40)16-14-25)44-31(45-28)24-11-5-21(6-12-24)18-33-29(41)3-1-2-4-30(42)35-43/h5-16,27-28,31,39-40,43H,1-4,17-20H2,(H,33,41)(H,35,42). The summed E-state index contributed by atoms with van der Waals surface area (Å²) < 4.78 is 14.5. The number of unbranched alkanes of at least 4 members (excludes halogenated alkanes) is 1. The predicted molar refractivity (Wildman–Crippen MR) is 167 cm³/mol. The van der Waals surface area contributed by atoms with Crippen molar-refractivity contribution in [3.8, 4) is 11.4 Å². The third kappa shape index (κ3) is 9.11. The first kappa shape index (κ1) is 33.0. The second-order valence-electron chi connectivity index (χ2n) is 10.8. The maximum Gasteiger partial charge on any atom is 0.243 e. The lowest BCUT2D eigenvalue weighted by Crippen LogP contribution is -2.31. The minimum atomic E-state index is -0.644. The number of hydrogen-bond acceptors (Lipinski definition) is 11. The Labute approximate surface area is 269 Å². The number of tetrazole rings is 1. The van der Waals surface area contributed by atoms with E-state index in [4.69, 9.17) is 14.7 Å². The third-order valence-corrected chi connectivity index (χ3v) is 8.52. The number of aliphatic hydroxyl groups excluding tert-OH is 1. The highest BCUT2D eigenvalue weighted by atomic mass is 32.2. The molecule has 2 amide bonds. The van der Waals surface area contributed by atoms with E-state index in [0.29, 0.717) is 43.1 Å². The predicted octanol–water partition coefficient (Wildman–Crippen LogP) is 3.88. The van der Waals surface area contributed by atoms with Gasteiger partial charge in [-0.3, -0.25) is 14.8 Å². The Balaban J connectivity index is 1.22. The highest BCUT2D eigenvalue weighted by Gasteiger charge is 2.32. The number of aromatic hydroxyl groups is 1. The molecular formula is C32H36N6O7S. The van der Waals surface area contributed by atoms with Gasteiger partial charge in [0.1, 0.15) is 5.75 Å². The van der Waals surface area contributed by atoms with Crippen molar-refractivity contribution in [3.63, 3.8) is 0 Å². The van der Waals surface area contributed by atoms with E-state index >= 15 is 0 Å². The van der Waals surface area contributed by atoms with E-state index in [1.807, 2.05) is 48.5 Å². The van der Waals surface area contributed by atoms with Gasteiger partial charge in [-0.2, -0.15) is 4.68 Å². The quantitative estimate of drug-likeness (QED) is 0.0579. The number of amides is 2. The van der Waals surface area contributed by atoms with Crippen molar-refractivity contribution in [2.45, 2.75) is 68.9 Å². The summed E-state index contributed by atoms with van der Waals surface area (Å²) in [5, 5.41) is 43.3. The van der Waals surface area contributed by atoms with Gasteiger partial charge in [-0.25, -0.2) is 5.48 Å². The molecule has 0 spiro atoms. The lowest BCUT2D eigenvalue weighted by molar-refractivity contribution is -0.245. The number of thioether (sulfide) groups is 1. The Morgan fingerprint density at radius 3 is 2.26 bits per heavy atom. The second kappa shape index (κ2) is 16.3. The first-order valence-corrected chi connectivity index (χ1v) is 15.9. The van der Waals surface area contributed by atoms with Crippen molar-refractivity contribution >= 4 is 23.6 Å². The smallest absolute Gasteiger partial charge is 0.243 e. The average Bonchev–Trinajstić information content (AvgIpc) is 3.57. The highest BCUT2D eigenvalue weighted by molar-refractivity contribution is 7.99. The number of carbonyl (C=O) groups excluding carboxylic acids is 2. The minimum absolute atomic E-state index is 0.0390. The minimum Gasteiger partial charge on any atom is -0.508 e. The Kier molecular flexibility index (Phi) is 11.7. The van der Waals surface area contributed by atoms with Crippen LogP contribution in [0, 0.1) is 0 Å². The molecule has 1 aromatic heterocycles. The first-order valence-electron chi connectivity index (χ1n) is 14.9. The summed E-state index contributed by atoms with van der Waals surface area (Å²) in [6, 6.07) is 22.0. The van der Waals surface area contributed by atoms with E-state index in [1.165, 1.54) is 11.8 Å². The Bertz CT molecular complexity index is 1570. The molecule has 1 aliphatic rings. The number of carbonyl (C=O) groups is 2. The van der Waals surface area contributed by atoms with Crippen LogP contribution in [0.3, 0.4) is 0 Å². The van der Waals surface area contributed by atoms with Crippen LogP contribution in [0.2, 0.25) is 0 Å². The van der Waals surface area contributed by atoms with Crippen molar-refractivity contribution in [3.05, 3.63) is 95.1 Å². The Hall–Kier alpha value is -4.34. The number of rotatable bonds is 14. The van der Waals surface area contributed by atoms with Gasteiger partial charge < -0.3 is 25.0 Å². The molecule has 5 rings (SSSR count). The van der Waals surface area contributed by atoms with Crippen molar-refractivity contribution in [1.82, 2.24) is 31.0 Å².